The van der Waals surface area contributed by atoms with E-state index in [1.807, 2.05) is 42.5 Å². The van der Waals surface area contributed by atoms with Crippen LogP contribution < -0.4 is 4.74 Å². The maximum Gasteiger partial charge on any atom is 0.135 e. The van der Waals surface area contributed by atoms with Crippen LogP contribution in [-0.4, -0.2) is 7.11 Å². The van der Waals surface area contributed by atoms with Crippen LogP contribution in [0.25, 0.3) is 22.3 Å². The highest BCUT2D eigenvalue weighted by Gasteiger charge is 2.13. The molecule has 0 saturated heterocycles. The summed E-state index contributed by atoms with van der Waals surface area (Å²) in [6, 6.07) is 23.4. The smallest absolute Gasteiger partial charge is 0.135 e. The normalized spacial score (nSPS) is 10.4. The van der Waals surface area contributed by atoms with E-state index in [-0.39, 0.29) is 5.82 Å². The summed E-state index contributed by atoms with van der Waals surface area (Å²) < 4.78 is 18.6. The molecule has 0 N–H and O–H groups in total. The van der Waals surface area contributed by atoms with Crippen LogP contribution in [0.15, 0.2) is 66.7 Å². The first-order valence-electron chi connectivity index (χ1n) is 6.69. The van der Waals surface area contributed by atoms with Gasteiger partial charge in [0, 0.05) is 11.6 Å². The van der Waals surface area contributed by atoms with Crippen molar-refractivity contribution in [2.45, 2.75) is 0 Å². The Morgan fingerprint density at radius 3 is 2.24 bits per heavy atom. The van der Waals surface area contributed by atoms with Crippen molar-refractivity contribution >= 4 is 0 Å². The highest BCUT2D eigenvalue weighted by atomic mass is 19.1. The number of benzene rings is 3. The minimum Gasteiger partial charge on any atom is -0.495 e. The fraction of sp³-hybridized carbons (Fsp3) is 0.0526. The van der Waals surface area contributed by atoms with Gasteiger partial charge in [-0.25, -0.2) is 4.39 Å². The second kappa shape index (κ2) is 5.80. The molecule has 3 rings (SSSR count). The topological polar surface area (TPSA) is 9.23 Å². The predicted octanol–water partition coefficient (Wildman–Crippen LogP) is 4.97. The van der Waals surface area contributed by atoms with Crippen LogP contribution in [0.3, 0.4) is 0 Å². The molecule has 0 saturated carbocycles. The van der Waals surface area contributed by atoms with E-state index in [1.54, 1.807) is 19.2 Å². The lowest BCUT2D eigenvalue weighted by molar-refractivity contribution is 0.415. The molecule has 0 atom stereocenters. The van der Waals surface area contributed by atoms with Gasteiger partial charge in [-0.05, 0) is 34.9 Å². The Kier molecular flexibility index (Phi) is 3.69. The van der Waals surface area contributed by atoms with Crippen LogP contribution in [0.5, 0.6) is 5.75 Å². The Hall–Kier alpha value is -2.61. The molecule has 0 spiro atoms. The Bertz CT molecular complexity index is 733. The Balaban J connectivity index is 2.24. The van der Waals surface area contributed by atoms with Crippen LogP contribution in [0.1, 0.15) is 0 Å². The van der Waals surface area contributed by atoms with Gasteiger partial charge in [0.2, 0.25) is 0 Å². The summed E-state index contributed by atoms with van der Waals surface area (Å²) in [4.78, 5) is 0. The summed E-state index contributed by atoms with van der Waals surface area (Å²) in [5.41, 5.74) is 3.96. The van der Waals surface area contributed by atoms with E-state index < -0.39 is 0 Å². The molecule has 0 amide bonds. The van der Waals surface area contributed by atoms with Gasteiger partial charge in [-0.15, -0.1) is 0 Å². The van der Waals surface area contributed by atoms with Gasteiger partial charge in [-0.1, -0.05) is 48.5 Å². The van der Waals surface area contributed by atoms with Gasteiger partial charge in [0.15, 0.2) is 0 Å². The third kappa shape index (κ3) is 2.65. The maximum absolute atomic E-state index is 13.2. The van der Waals surface area contributed by atoms with E-state index in [0.717, 1.165) is 22.3 Å². The van der Waals surface area contributed by atoms with Gasteiger partial charge in [-0.3, -0.25) is 0 Å². The number of ether oxygens (including phenoxy) is 1. The number of hydrogen-bond donors (Lipinski definition) is 0. The molecule has 3 aromatic rings. The fourth-order valence-corrected chi connectivity index (χ4v) is 2.40. The second-order valence-corrected chi connectivity index (χ2v) is 4.67. The lowest BCUT2D eigenvalue weighted by atomic mass is 9.94. The lowest BCUT2D eigenvalue weighted by Crippen LogP contribution is -1.92. The van der Waals surface area contributed by atoms with Crippen LogP contribution in [0.4, 0.5) is 4.39 Å². The van der Waals surface area contributed by atoms with Gasteiger partial charge in [0.05, 0.1) is 7.11 Å². The Labute approximate surface area is 123 Å². The Morgan fingerprint density at radius 2 is 1.57 bits per heavy atom. The molecule has 0 aliphatic rings. The minimum absolute atomic E-state index is 0.251. The molecule has 103 valence electrons. The summed E-state index contributed by atoms with van der Waals surface area (Å²) in [6.07, 6.45) is 0. The second-order valence-electron chi connectivity index (χ2n) is 4.67. The molecule has 0 fully saturated rings. The van der Waals surface area contributed by atoms with E-state index in [2.05, 4.69) is 6.07 Å². The summed E-state index contributed by atoms with van der Waals surface area (Å²) in [5, 5.41) is 0. The molecule has 0 aliphatic carbocycles. The van der Waals surface area contributed by atoms with E-state index in [4.69, 9.17) is 4.74 Å². The summed E-state index contributed by atoms with van der Waals surface area (Å²) in [5.74, 6) is 0.404. The van der Waals surface area contributed by atoms with Crippen LogP contribution in [-0.2, 0) is 0 Å². The lowest BCUT2D eigenvalue weighted by Gasteiger charge is -2.14. The molecule has 21 heavy (non-hydrogen) atoms. The van der Waals surface area contributed by atoms with E-state index in [0.29, 0.717) is 5.75 Å². The molecule has 0 unspecified atom stereocenters. The first-order chi connectivity index (χ1) is 10.3. The first-order valence-corrected chi connectivity index (χ1v) is 6.69. The van der Waals surface area contributed by atoms with Crippen molar-refractivity contribution in [2.75, 3.05) is 7.11 Å². The highest BCUT2D eigenvalue weighted by molar-refractivity contribution is 5.87. The number of halogens is 1. The van der Waals surface area contributed by atoms with Crippen LogP contribution in [0, 0.1) is 11.9 Å². The molecular weight excluding hydrogens is 263 g/mol. The number of rotatable bonds is 3. The SMILES string of the molecule is COc1[c]ccc(-c2ccccc2)c1-c1ccc(F)cc1. The highest BCUT2D eigenvalue weighted by Crippen LogP contribution is 2.38. The zero-order valence-electron chi connectivity index (χ0n) is 11.6. The summed E-state index contributed by atoms with van der Waals surface area (Å²) in [7, 11) is 1.62. The quantitative estimate of drug-likeness (QED) is 0.657. The standard InChI is InChI=1S/C19H14FO/c1-21-18-9-5-8-17(14-6-3-2-4-7-14)19(18)15-10-12-16(20)13-11-15/h2-8,10-13H,1H3. The monoisotopic (exact) mass is 277 g/mol. The first kappa shape index (κ1) is 13.4. The van der Waals surface area contributed by atoms with Gasteiger partial charge in [-0.2, -0.15) is 0 Å². The van der Waals surface area contributed by atoms with Crippen molar-refractivity contribution < 1.29 is 9.13 Å². The molecule has 0 aromatic heterocycles. The predicted molar refractivity (Wildman–Crippen MR) is 82.7 cm³/mol. The fourth-order valence-electron chi connectivity index (χ4n) is 2.40. The average molecular weight is 277 g/mol. The molecule has 0 bridgehead atoms. The van der Waals surface area contributed by atoms with Crippen molar-refractivity contribution in [3.63, 3.8) is 0 Å². The van der Waals surface area contributed by atoms with E-state index >= 15 is 0 Å². The molecule has 0 aliphatic heterocycles. The van der Waals surface area contributed by atoms with E-state index in [1.165, 1.54) is 12.1 Å². The molecule has 1 nitrogen and oxygen atoms in total. The largest absolute Gasteiger partial charge is 0.495 e. The van der Waals surface area contributed by atoms with Gasteiger partial charge in [0.1, 0.15) is 11.6 Å². The van der Waals surface area contributed by atoms with E-state index in [9.17, 15) is 4.39 Å². The third-order valence-electron chi connectivity index (χ3n) is 3.38. The zero-order chi connectivity index (χ0) is 14.7. The zero-order valence-corrected chi connectivity index (χ0v) is 11.6. The molecule has 2 heteroatoms. The number of hydrogen-bond acceptors (Lipinski definition) is 1. The van der Waals surface area contributed by atoms with Gasteiger partial charge in [0.25, 0.3) is 0 Å². The molecular formula is C19H14FO. The molecule has 3 aromatic carbocycles. The average Bonchev–Trinajstić information content (AvgIpc) is 2.56. The third-order valence-corrected chi connectivity index (χ3v) is 3.38. The van der Waals surface area contributed by atoms with Crippen molar-refractivity contribution in [3.8, 4) is 28.0 Å². The van der Waals surface area contributed by atoms with Crippen molar-refractivity contribution in [2.24, 2.45) is 0 Å². The summed E-state index contributed by atoms with van der Waals surface area (Å²) in [6.45, 7) is 0. The molecule has 0 heterocycles. The van der Waals surface area contributed by atoms with Crippen LogP contribution in [0.2, 0.25) is 0 Å². The van der Waals surface area contributed by atoms with Crippen LogP contribution >= 0.6 is 0 Å². The maximum atomic E-state index is 13.2. The van der Waals surface area contributed by atoms with Crippen molar-refractivity contribution in [1.29, 1.82) is 0 Å². The van der Waals surface area contributed by atoms with Gasteiger partial charge >= 0.3 is 0 Å². The minimum atomic E-state index is -0.251. The van der Waals surface area contributed by atoms with Gasteiger partial charge < -0.3 is 4.74 Å². The summed E-state index contributed by atoms with van der Waals surface area (Å²) >= 11 is 0. The number of methoxy groups -OCH3 is 1. The van der Waals surface area contributed by atoms with Crippen molar-refractivity contribution in [3.05, 3.63) is 78.6 Å². The molecule has 1 radical (unpaired) electrons. The van der Waals surface area contributed by atoms with Crippen molar-refractivity contribution in [1.82, 2.24) is 0 Å². The Morgan fingerprint density at radius 1 is 0.857 bits per heavy atom.